The zero-order valence-electron chi connectivity index (χ0n) is 11.2. The molecule has 0 aliphatic rings. The highest BCUT2D eigenvalue weighted by Crippen LogP contribution is 2.13. The van der Waals surface area contributed by atoms with E-state index in [2.05, 4.69) is 10.3 Å². The summed E-state index contributed by atoms with van der Waals surface area (Å²) in [5.74, 6) is 2.28. The second-order valence-electron chi connectivity index (χ2n) is 4.16. The molecule has 0 unspecified atom stereocenters. The van der Waals surface area contributed by atoms with Crippen LogP contribution in [0.3, 0.4) is 0 Å². The predicted octanol–water partition coefficient (Wildman–Crippen LogP) is 2.89. The van der Waals surface area contributed by atoms with E-state index >= 15 is 0 Å². The van der Waals surface area contributed by atoms with Gasteiger partial charge >= 0.3 is 0 Å². The summed E-state index contributed by atoms with van der Waals surface area (Å²) in [5.41, 5.74) is 1.19. The van der Waals surface area contributed by atoms with Crippen LogP contribution in [-0.4, -0.2) is 25.2 Å². The van der Waals surface area contributed by atoms with E-state index in [1.54, 1.807) is 7.11 Å². The normalized spacial score (nSPS) is 10.0. The lowest BCUT2D eigenvalue weighted by Crippen LogP contribution is -2.12. The summed E-state index contributed by atoms with van der Waals surface area (Å²) < 4.78 is 10.7. The summed E-state index contributed by atoms with van der Waals surface area (Å²) in [5, 5.41) is 3.19. The molecule has 4 heteroatoms. The number of benzene rings is 1. The predicted molar refractivity (Wildman–Crippen MR) is 76.0 cm³/mol. The van der Waals surface area contributed by atoms with Crippen LogP contribution in [0.25, 0.3) is 0 Å². The highest BCUT2D eigenvalue weighted by molar-refractivity contribution is 5.37. The van der Waals surface area contributed by atoms with Crippen LogP contribution in [0.5, 0.6) is 11.6 Å². The van der Waals surface area contributed by atoms with E-state index in [0.29, 0.717) is 19.0 Å². The van der Waals surface area contributed by atoms with Gasteiger partial charge in [-0.3, -0.25) is 0 Å². The number of nitrogens with zero attached hydrogens (tertiary/aromatic N) is 1. The number of ether oxygens (including phenoxy) is 2. The van der Waals surface area contributed by atoms with Crippen LogP contribution in [0, 0.1) is 6.92 Å². The fraction of sp³-hybridized carbons (Fsp3) is 0.267. The molecular formula is C15H18N2O2. The van der Waals surface area contributed by atoms with Crippen LogP contribution in [0.1, 0.15) is 5.56 Å². The highest BCUT2D eigenvalue weighted by Gasteiger charge is 1.97. The molecular weight excluding hydrogens is 240 g/mol. The van der Waals surface area contributed by atoms with Crippen LogP contribution in [0.4, 0.5) is 5.82 Å². The number of rotatable bonds is 6. The lowest BCUT2D eigenvalue weighted by Gasteiger charge is -2.09. The molecule has 100 valence electrons. The van der Waals surface area contributed by atoms with E-state index in [9.17, 15) is 0 Å². The minimum absolute atomic E-state index is 0.586. The SMILES string of the molecule is COc1cccc(NCCOc2cccc(C)c2)n1. The van der Waals surface area contributed by atoms with Crippen molar-refractivity contribution in [2.45, 2.75) is 6.92 Å². The number of hydrogen-bond acceptors (Lipinski definition) is 4. The Morgan fingerprint density at radius 1 is 1.16 bits per heavy atom. The van der Waals surface area contributed by atoms with E-state index < -0.39 is 0 Å². The zero-order valence-corrected chi connectivity index (χ0v) is 11.2. The third kappa shape index (κ3) is 4.17. The molecule has 1 aromatic carbocycles. The van der Waals surface area contributed by atoms with Gasteiger partial charge in [-0.15, -0.1) is 0 Å². The molecule has 0 saturated heterocycles. The van der Waals surface area contributed by atoms with Gasteiger partial charge in [0.15, 0.2) is 0 Å². The number of pyridine rings is 1. The van der Waals surface area contributed by atoms with Crippen LogP contribution in [0.2, 0.25) is 0 Å². The van der Waals surface area contributed by atoms with Gasteiger partial charge in [-0.2, -0.15) is 4.98 Å². The maximum Gasteiger partial charge on any atom is 0.214 e. The van der Waals surface area contributed by atoms with Crippen molar-refractivity contribution in [1.82, 2.24) is 4.98 Å². The smallest absolute Gasteiger partial charge is 0.214 e. The number of aryl methyl sites for hydroxylation is 1. The monoisotopic (exact) mass is 258 g/mol. The van der Waals surface area contributed by atoms with E-state index in [1.165, 1.54) is 5.56 Å². The average Bonchev–Trinajstić information content (AvgIpc) is 2.44. The molecule has 1 heterocycles. The maximum absolute atomic E-state index is 5.64. The lowest BCUT2D eigenvalue weighted by atomic mass is 10.2. The Bertz CT molecular complexity index is 529. The van der Waals surface area contributed by atoms with E-state index in [0.717, 1.165) is 11.6 Å². The molecule has 1 aromatic heterocycles. The Balaban J connectivity index is 1.77. The van der Waals surface area contributed by atoms with Crippen molar-refractivity contribution in [3.63, 3.8) is 0 Å². The third-order valence-corrected chi connectivity index (χ3v) is 2.60. The molecule has 1 N–H and O–H groups in total. The van der Waals surface area contributed by atoms with E-state index in [1.807, 2.05) is 49.4 Å². The van der Waals surface area contributed by atoms with Crippen molar-refractivity contribution in [3.05, 3.63) is 48.0 Å². The Morgan fingerprint density at radius 3 is 2.79 bits per heavy atom. The number of aromatic nitrogens is 1. The maximum atomic E-state index is 5.64. The Morgan fingerprint density at radius 2 is 2.00 bits per heavy atom. The Kier molecular flexibility index (Phi) is 4.61. The topological polar surface area (TPSA) is 43.4 Å². The standard InChI is InChI=1S/C15H18N2O2/c1-12-5-3-6-13(11-12)19-10-9-16-14-7-4-8-15(17-14)18-2/h3-8,11H,9-10H2,1-2H3,(H,16,17). The first kappa shape index (κ1) is 13.2. The molecule has 0 fully saturated rings. The van der Waals surface area contributed by atoms with Crippen molar-refractivity contribution in [3.8, 4) is 11.6 Å². The second-order valence-corrected chi connectivity index (χ2v) is 4.16. The largest absolute Gasteiger partial charge is 0.492 e. The van der Waals surface area contributed by atoms with Crippen molar-refractivity contribution in [2.75, 3.05) is 25.6 Å². The second kappa shape index (κ2) is 6.64. The fourth-order valence-corrected chi connectivity index (χ4v) is 1.68. The van der Waals surface area contributed by atoms with Crippen LogP contribution < -0.4 is 14.8 Å². The van der Waals surface area contributed by atoms with Gasteiger partial charge in [0.05, 0.1) is 13.7 Å². The quantitative estimate of drug-likeness (QED) is 0.809. The molecule has 0 spiro atoms. The van der Waals surface area contributed by atoms with Gasteiger partial charge in [-0.1, -0.05) is 18.2 Å². The van der Waals surface area contributed by atoms with Crippen LogP contribution in [-0.2, 0) is 0 Å². The summed E-state index contributed by atoms with van der Waals surface area (Å²) in [7, 11) is 1.60. The Hall–Kier alpha value is -2.23. The molecule has 0 aliphatic carbocycles. The number of hydrogen-bond donors (Lipinski definition) is 1. The fourth-order valence-electron chi connectivity index (χ4n) is 1.68. The molecule has 0 atom stereocenters. The van der Waals surface area contributed by atoms with E-state index in [-0.39, 0.29) is 0 Å². The molecule has 0 aliphatic heterocycles. The average molecular weight is 258 g/mol. The van der Waals surface area contributed by atoms with Crippen LogP contribution in [0.15, 0.2) is 42.5 Å². The molecule has 0 bridgehead atoms. The van der Waals surface area contributed by atoms with Gasteiger partial charge < -0.3 is 14.8 Å². The van der Waals surface area contributed by atoms with E-state index in [4.69, 9.17) is 9.47 Å². The van der Waals surface area contributed by atoms with Crippen molar-refractivity contribution in [2.24, 2.45) is 0 Å². The molecule has 2 rings (SSSR count). The minimum Gasteiger partial charge on any atom is -0.492 e. The highest BCUT2D eigenvalue weighted by atomic mass is 16.5. The summed E-state index contributed by atoms with van der Waals surface area (Å²) in [4.78, 5) is 4.26. The van der Waals surface area contributed by atoms with Crippen molar-refractivity contribution in [1.29, 1.82) is 0 Å². The number of nitrogens with one attached hydrogen (secondary N) is 1. The summed E-state index contributed by atoms with van der Waals surface area (Å²) in [6, 6.07) is 13.6. The van der Waals surface area contributed by atoms with Gasteiger partial charge in [0.2, 0.25) is 5.88 Å². The van der Waals surface area contributed by atoms with Gasteiger partial charge in [0.1, 0.15) is 18.2 Å². The van der Waals surface area contributed by atoms with Gasteiger partial charge in [-0.05, 0) is 30.7 Å². The molecule has 4 nitrogen and oxygen atoms in total. The van der Waals surface area contributed by atoms with Crippen molar-refractivity contribution < 1.29 is 9.47 Å². The first-order chi connectivity index (χ1) is 9.28. The lowest BCUT2D eigenvalue weighted by molar-refractivity contribution is 0.332. The first-order valence-electron chi connectivity index (χ1n) is 6.22. The molecule has 2 aromatic rings. The zero-order chi connectivity index (χ0) is 13.5. The van der Waals surface area contributed by atoms with Gasteiger partial charge in [0.25, 0.3) is 0 Å². The van der Waals surface area contributed by atoms with Crippen LogP contribution >= 0.6 is 0 Å². The Labute approximate surface area is 113 Å². The number of methoxy groups -OCH3 is 1. The first-order valence-corrected chi connectivity index (χ1v) is 6.22. The molecule has 0 amide bonds. The number of anilines is 1. The summed E-state index contributed by atoms with van der Waals surface area (Å²) >= 11 is 0. The summed E-state index contributed by atoms with van der Waals surface area (Å²) in [6.07, 6.45) is 0. The summed E-state index contributed by atoms with van der Waals surface area (Å²) in [6.45, 7) is 3.32. The van der Waals surface area contributed by atoms with Crippen molar-refractivity contribution >= 4 is 5.82 Å². The van der Waals surface area contributed by atoms with Gasteiger partial charge in [0, 0.05) is 6.07 Å². The molecule has 19 heavy (non-hydrogen) atoms. The molecule has 0 saturated carbocycles. The van der Waals surface area contributed by atoms with Gasteiger partial charge in [-0.25, -0.2) is 0 Å². The third-order valence-electron chi connectivity index (χ3n) is 2.60. The minimum atomic E-state index is 0.586. The molecule has 0 radical (unpaired) electrons.